The van der Waals surface area contributed by atoms with E-state index in [1.54, 1.807) is 24.3 Å². The zero-order chi connectivity index (χ0) is 17.6. The van der Waals surface area contributed by atoms with Gasteiger partial charge in [0.1, 0.15) is 0 Å². The number of hydrogen-bond acceptors (Lipinski definition) is 4. The Bertz CT molecular complexity index is 486. The monoisotopic (exact) mass is 334 g/mol. The molecular formula is C19H30N2O3. The first-order chi connectivity index (χ1) is 11.7. The second-order valence-corrected chi connectivity index (χ2v) is 5.85. The van der Waals surface area contributed by atoms with Crippen molar-refractivity contribution in [3.8, 4) is 0 Å². The van der Waals surface area contributed by atoms with E-state index in [4.69, 9.17) is 4.74 Å². The Morgan fingerprint density at radius 3 is 2.33 bits per heavy atom. The Balaban J connectivity index is 2.23. The maximum absolute atomic E-state index is 11.8. The molecule has 0 aliphatic carbocycles. The van der Waals surface area contributed by atoms with Crippen molar-refractivity contribution in [3.63, 3.8) is 0 Å². The summed E-state index contributed by atoms with van der Waals surface area (Å²) in [6, 6.07) is 6.75. The average Bonchev–Trinajstić information content (AvgIpc) is 2.59. The largest absolute Gasteiger partial charge is 0.462 e. The minimum Gasteiger partial charge on any atom is -0.462 e. The van der Waals surface area contributed by atoms with Crippen LogP contribution in [0.2, 0.25) is 0 Å². The SMILES string of the molecule is CCCCCCCNCC(=O)Nc1ccc(C(=O)OCCC)cc1. The zero-order valence-corrected chi connectivity index (χ0v) is 14.9. The first-order valence-corrected chi connectivity index (χ1v) is 8.95. The molecule has 1 aromatic rings. The quantitative estimate of drug-likeness (QED) is 0.451. The fourth-order valence-electron chi connectivity index (χ4n) is 2.23. The van der Waals surface area contributed by atoms with Crippen LogP contribution >= 0.6 is 0 Å². The third-order valence-electron chi connectivity index (χ3n) is 3.58. The van der Waals surface area contributed by atoms with Crippen molar-refractivity contribution >= 4 is 17.6 Å². The van der Waals surface area contributed by atoms with Crippen LogP contribution in [0.25, 0.3) is 0 Å². The van der Waals surface area contributed by atoms with Crippen LogP contribution in [0.5, 0.6) is 0 Å². The van der Waals surface area contributed by atoms with Gasteiger partial charge in [-0.2, -0.15) is 0 Å². The number of anilines is 1. The van der Waals surface area contributed by atoms with Gasteiger partial charge in [0, 0.05) is 5.69 Å². The summed E-state index contributed by atoms with van der Waals surface area (Å²) in [6.07, 6.45) is 6.89. The van der Waals surface area contributed by atoms with Crippen LogP contribution in [0.4, 0.5) is 5.69 Å². The molecule has 0 spiro atoms. The zero-order valence-electron chi connectivity index (χ0n) is 14.9. The second-order valence-electron chi connectivity index (χ2n) is 5.85. The van der Waals surface area contributed by atoms with E-state index in [2.05, 4.69) is 17.6 Å². The van der Waals surface area contributed by atoms with E-state index in [0.29, 0.717) is 24.4 Å². The van der Waals surface area contributed by atoms with Crippen molar-refractivity contribution in [2.45, 2.75) is 52.4 Å². The highest BCUT2D eigenvalue weighted by molar-refractivity contribution is 5.93. The van der Waals surface area contributed by atoms with Gasteiger partial charge in [-0.1, -0.05) is 39.5 Å². The van der Waals surface area contributed by atoms with E-state index in [9.17, 15) is 9.59 Å². The topological polar surface area (TPSA) is 67.4 Å². The average molecular weight is 334 g/mol. The van der Waals surface area contributed by atoms with Gasteiger partial charge >= 0.3 is 5.97 Å². The number of rotatable bonds is 12. The molecule has 0 atom stereocenters. The van der Waals surface area contributed by atoms with Crippen molar-refractivity contribution in [1.82, 2.24) is 5.32 Å². The van der Waals surface area contributed by atoms with E-state index < -0.39 is 0 Å². The standard InChI is InChI=1S/C19H30N2O3/c1-3-5-6-7-8-13-20-15-18(22)21-17-11-9-16(10-12-17)19(23)24-14-4-2/h9-12,20H,3-8,13-15H2,1-2H3,(H,21,22). The highest BCUT2D eigenvalue weighted by atomic mass is 16.5. The summed E-state index contributed by atoms with van der Waals surface area (Å²) in [7, 11) is 0. The third-order valence-corrected chi connectivity index (χ3v) is 3.58. The van der Waals surface area contributed by atoms with E-state index in [1.165, 1.54) is 25.7 Å². The van der Waals surface area contributed by atoms with E-state index >= 15 is 0 Å². The lowest BCUT2D eigenvalue weighted by Crippen LogP contribution is -2.28. The number of ether oxygens (including phenoxy) is 1. The fraction of sp³-hybridized carbons (Fsp3) is 0.579. The summed E-state index contributed by atoms with van der Waals surface area (Å²) < 4.78 is 5.06. The van der Waals surface area contributed by atoms with Crippen LogP contribution in [-0.2, 0) is 9.53 Å². The molecule has 0 aromatic heterocycles. The molecule has 5 heteroatoms. The summed E-state index contributed by atoms with van der Waals surface area (Å²) >= 11 is 0. The molecule has 2 N–H and O–H groups in total. The number of esters is 1. The van der Waals surface area contributed by atoms with Crippen LogP contribution in [0, 0.1) is 0 Å². The molecule has 0 aliphatic heterocycles. The van der Waals surface area contributed by atoms with Crippen molar-refractivity contribution in [3.05, 3.63) is 29.8 Å². The number of hydrogen-bond donors (Lipinski definition) is 2. The molecule has 134 valence electrons. The summed E-state index contributed by atoms with van der Waals surface area (Å²) in [5, 5.41) is 5.96. The van der Waals surface area contributed by atoms with E-state index in [1.807, 2.05) is 6.92 Å². The van der Waals surface area contributed by atoms with Crippen molar-refractivity contribution in [1.29, 1.82) is 0 Å². The van der Waals surface area contributed by atoms with Gasteiger partial charge in [-0.05, 0) is 43.7 Å². The number of carbonyl (C=O) groups is 2. The molecule has 0 saturated heterocycles. The summed E-state index contributed by atoms with van der Waals surface area (Å²) in [4.78, 5) is 23.5. The van der Waals surface area contributed by atoms with Crippen LogP contribution in [0.3, 0.4) is 0 Å². The number of amides is 1. The number of carbonyl (C=O) groups excluding carboxylic acids is 2. The van der Waals surface area contributed by atoms with E-state index in [0.717, 1.165) is 19.4 Å². The molecule has 1 aromatic carbocycles. The highest BCUT2D eigenvalue weighted by Gasteiger charge is 2.07. The molecule has 0 saturated carbocycles. The molecular weight excluding hydrogens is 304 g/mol. The predicted molar refractivity (Wildman–Crippen MR) is 97.3 cm³/mol. The number of benzene rings is 1. The van der Waals surface area contributed by atoms with Crippen molar-refractivity contribution in [2.24, 2.45) is 0 Å². The summed E-state index contributed by atoms with van der Waals surface area (Å²) in [5.41, 5.74) is 1.17. The molecule has 5 nitrogen and oxygen atoms in total. The molecule has 0 unspecified atom stereocenters. The van der Waals surface area contributed by atoms with Gasteiger partial charge in [-0.3, -0.25) is 4.79 Å². The van der Waals surface area contributed by atoms with Gasteiger partial charge in [0.15, 0.2) is 0 Å². The molecule has 0 radical (unpaired) electrons. The van der Waals surface area contributed by atoms with Gasteiger partial charge in [-0.25, -0.2) is 4.79 Å². The molecule has 1 amide bonds. The minimum absolute atomic E-state index is 0.0788. The molecule has 1 rings (SSSR count). The Hall–Kier alpha value is -1.88. The van der Waals surface area contributed by atoms with Crippen LogP contribution in [0.1, 0.15) is 62.7 Å². The summed E-state index contributed by atoms with van der Waals surface area (Å²) in [5.74, 6) is -0.413. The van der Waals surface area contributed by atoms with E-state index in [-0.39, 0.29) is 11.9 Å². The number of unbranched alkanes of at least 4 members (excludes halogenated alkanes) is 4. The smallest absolute Gasteiger partial charge is 0.338 e. The maximum atomic E-state index is 11.8. The lowest BCUT2D eigenvalue weighted by Gasteiger charge is -2.08. The molecule has 0 bridgehead atoms. The number of nitrogens with one attached hydrogen (secondary N) is 2. The first-order valence-electron chi connectivity index (χ1n) is 8.95. The Labute approximate surface area is 145 Å². The minimum atomic E-state index is -0.334. The molecule has 0 aliphatic rings. The van der Waals surface area contributed by atoms with Gasteiger partial charge in [0.25, 0.3) is 0 Å². The van der Waals surface area contributed by atoms with Gasteiger partial charge in [0.2, 0.25) is 5.91 Å². The molecule has 0 heterocycles. The lowest BCUT2D eigenvalue weighted by atomic mass is 10.1. The Kier molecular flexibility index (Phi) is 10.5. The highest BCUT2D eigenvalue weighted by Crippen LogP contribution is 2.10. The first kappa shape index (κ1) is 20.2. The third kappa shape index (κ3) is 8.67. The Morgan fingerprint density at radius 2 is 1.67 bits per heavy atom. The molecule has 0 fully saturated rings. The normalized spacial score (nSPS) is 10.4. The molecule has 24 heavy (non-hydrogen) atoms. The second kappa shape index (κ2) is 12.5. The van der Waals surface area contributed by atoms with Crippen molar-refractivity contribution in [2.75, 3.05) is 25.0 Å². The Morgan fingerprint density at radius 1 is 0.958 bits per heavy atom. The van der Waals surface area contributed by atoms with Crippen LogP contribution < -0.4 is 10.6 Å². The van der Waals surface area contributed by atoms with Gasteiger partial charge in [0.05, 0.1) is 18.7 Å². The maximum Gasteiger partial charge on any atom is 0.338 e. The van der Waals surface area contributed by atoms with Gasteiger partial charge < -0.3 is 15.4 Å². The fourth-order valence-corrected chi connectivity index (χ4v) is 2.23. The van der Waals surface area contributed by atoms with Crippen molar-refractivity contribution < 1.29 is 14.3 Å². The van der Waals surface area contributed by atoms with Gasteiger partial charge in [-0.15, -0.1) is 0 Å². The van der Waals surface area contributed by atoms with Crippen LogP contribution in [0.15, 0.2) is 24.3 Å². The van der Waals surface area contributed by atoms with Crippen LogP contribution in [-0.4, -0.2) is 31.6 Å². The lowest BCUT2D eigenvalue weighted by molar-refractivity contribution is -0.115. The summed E-state index contributed by atoms with van der Waals surface area (Å²) in [6.45, 7) is 5.73. The predicted octanol–water partition coefficient (Wildman–Crippen LogP) is 3.75.